The van der Waals surface area contributed by atoms with Crippen LogP contribution in [0.4, 0.5) is 5.00 Å². The molecule has 9 heteroatoms. The number of methoxy groups -OCH3 is 1. The molecule has 0 bridgehead atoms. The Kier molecular flexibility index (Phi) is 6.43. The second kappa shape index (κ2) is 9.23. The molecule has 4 rings (SSSR count). The van der Waals surface area contributed by atoms with Gasteiger partial charge >= 0.3 is 5.97 Å². The summed E-state index contributed by atoms with van der Waals surface area (Å²) in [5.41, 5.74) is 3.69. The highest BCUT2D eigenvalue weighted by Gasteiger charge is 2.28. The number of aryl methyl sites for hydroxylation is 2. The minimum absolute atomic E-state index is 0.176. The Bertz CT molecular complexity index is 1140. The average molecular weight is 457 g/mol. The van der Waals surface area contributed by atoms with Crippen LogP contribution in [0.3, 0.4) is 0 Å². The van der Waals surface area contributed by atoms with E-state index < -0.39 is 5.97 Å². The van der Waals surface area contributed by atoms with E-state index in [1.807, 2.05) is 36.6 Å². The Hall–Kier alpha value is -2.65. The summed E-state index contributed by atoms with van der Waals surface area (Å²) in [5.74, 6) is 0.389. The molecular weight excluding hydrogens is 432 g/mol. The number of thiophene rings is 1. The van der Waals surface area contributed by atoms with Crippen molar-refractivity contribution in [3.05, 3.63) is 45.8 Å². The first-order chi connectivity index (χ1) is 15.0. The maximum atomic E-state index is 12.7. The topological polar surface area (TPSA) is 86.1 Å². The lowest BCUT2D eigenvalue weighted by molar-refractivity contribution is -0.113. The van der Waals surface area contributed by atoms with Gasteiger partial charge in [0.05, 0.1) is 18.4 Å². The summed E-state index contributed by atoms with van der Waals surface area (Å²) in [6, 6.07) is 8.12. The number of aromatic nitrogens is 3. The highest BCUT2D eigenvalue weighted by molar-refractivity contribution is 7.99. The van der Waals surface area contributed by atoms with Gasteiger partial charge in [-0.2, -0.15) is 0 Å². The van der Waals surface area contributed by atoms with Gasteiger partial charge in [-0.1, -0.05) is 35.5 Å². The van der Waals surface area contributed by atoms with Crippen LogP contribution in [0, 0.1) is 6.92 Å². The first-order valence-corrected chi connectivity index (χ1v) is 12.0. The number of nitrogens with zero attached hydrogens (tertiary/aromatic N) is 3. The van der Waals surface area contributed by atoms with Crippen molar-refractivity contribution in [3.8, 4) is 11.4 Å². The molecule has 0 spiro atoms. The number of carbonyl (C=O) groups excluding carboxylic acids is 2. The van der Waals surface area contributed by atoms with E-state index in [0.29, 0.717) is 22.3 Å². The second-order valence-electron chi connectivity index (χ2n) is 7.31. The molecule has 1 amide bonds. The molecule has 0 radical (unpaired) electrons. The second-order valence-corrected chi connectivity index (χ2v) is 9.36. The molecule has 0 unspecified atom stereocenters. The highest BCUT2D eigenvalue weighted by Crippen LogP contribution is 2.39. The van der Waals surface area contributed by atoms with Crippen LogP contribution in [-0.2, 0) is 28.9 Å². The molecular formula is C22H24N4O3S2. The molecule has 162 valence electrons. The van der Waals surface area contributed by atoms with Gasteiger partial charge in [0.25, 0.3) is 0 Å². The zero-order valence-electron chi connectivity index (χ0n) is 17.7. The van der Waals surface area contributed by atoms with Crippen molar-refractivity contribution in [1.29, 1.82) is 0 Å². The van der Waals surface area contributed by atoms with Gasteiger partial charge in [-0.3, -0.25) is 4.79 Å². The van der Waals surface area contributed by atoms with E-state index in [9.17, 15) is 9.59 Å². The number of benzene rings is 1. The van der Waals surface area contributed by atoms with Crippen LogP contribution in [0.2, 0.25) is 0 Å². The SMILES string of the molecule is CCn1c(SCC(=O)Nc2sc3c(c2C(=O)OC)CCC3)nnc1-c1cccc(C)c1. The number of hydrogen-bond acceptors (Lipinski definition) is 7. The molecule has 0 aliphatic heterocycles. The molecule has 1 aliphatic carbocycles. The number of carbonyl (C=O) groups is 2. The van der Waals surface area contributed by atoms with E-state index in [0.717, 1.165) is 46.7 Å². The molecule has 1 N–H and O–H groups in total. The summed E-state index contributed by atoms with van der Waals surface area (Å²) in [6.07, 6.45) is 2.82. The monoisotopic (exact) mass is 456 g/mol. The third kappa shape index (κ3) is 4.38. The lowest BCUT2D eigenvalue weighted by Gasteiger charge is -2.09. The quantitative estimate of drug-likeness (QED) is 0.420. The molecule has 0 fully saturated rings. The van der Waals surface area contributed by atoms with Gasteiger partial charge in [0, 0.05) is 17.0 Å². The normalized spacial score (nSPS) is 12.6. The average Bonchev–Trinajstić information content (AvgIpc) is 3.45. The van der Waals surface area contributed by atoms with Gasteiger partial charge in [-0.05, 0) is 44.7 Å². The number of amides is 1. The third-order valence-electron chi connectivity index (χ3n) is 5.21. The minimum Gasteiger partial charge on any atom is -0.465 e. The molecule has 1 aromatic carbocycles. The number of rotatable bonds is 7. The fourth-order valence-electron chi connectivity index (χ4n) is 3.78. The number of nitrogens with one attached hydrogen (secondary N) is 1. The lowest BCUT2D eigenvalue weighted by atomic mass is 10.1. The van der Waals surface area contributed by atoms with Crippen LogP contribution in [0.1, 0.15) is 39.7 Å². The lowest BCUT2D eigenvalue weighted by Crippen LogP contribution is -2.16. The summed E-state index contributed by atoms with van der Waals surface area (Å²) in [7, 11) is 1.37. The van der Waals surface area contributed by atoms with Crippen LogP contribution in [0.25, 0.3) is 11.4 Å². The van der Waals surface area contributed by atoms with Crippen LogP contribution < -0.4 is 5.32 Å². The molecule has 31 heavy (non-hydrogen) atoms. The smallest absolute Gasteiger partial charge is 0.341 e. The molecule has 3 aromatic rings. The van der Waals surface area contributed by atoms with Crippen molar-refractivity contribution in [3.63, 3.8) is 0 Å². The number of esters is 1. The predicted molar refractivity (Wildman–Crippen MR) is 123 cm³/mol. The Morgan fingerprint density at radius 1 is 1.29 bits per heavy atom. The van der Waals surface area contributed by atoms with E-state index in [-0.39, 0.29) is 11.7 Å². The van der Waals surface area contributed by atoms with Crippen molar-refractivity contribution in [2.45, 2.75) is 44.8 Å². The molecule has 0 atom stereocenters. The van der Waals surface area contributed by atoms with Gasteiger partial charge in [0.1, 0.15) is 5.00 Å². The summed E-state index contributed by atoms with van der Waals surface area (Å²) in [6.45, 7) is 4.77. The molecule has 2 aromatic heterocycles. The van der Waals surface area contributed by atoms with E-state index in [1.54, 1.807) is 0 Å². The third-order valence-corrected chi connectivity index (χ3v) is 7.38. The fraction of sp³-hybridized carbons (Fsp3) is 0.364. The van der Waals surface area contributed by atoms with Crippen molar-refractivity contribution in [1.82, 2.24) is 14.8 Å². The molecule has 1 aliphatic rings. The Morgan fingerprint density at radius 2 is 2.13 bits per heavy atom. The van der Waals surface area contributed by atoms with Crippen LogP contribution in [0.5, 0.6) is 0 Å². The first-order valence-electron chi connectivity index (χ1n) is 10.2. The minimum atomic E-state index is -0.393. The summed E-state index contributed by atoms with van der Waals surface area (Å²) >= 11 is 2.81. The summed E-state index contributed by atoms with van der Waals surface area (Å²) in [5, 5.41) is 12.8. The highest BCUT2D eigenvalue weighted by atomic mass is 32.2. The van der Waals surface area contributed by atoms with E-state index >= 15 is 0 Å². The van der Waals surface area contributed by atoms with E-state index in [4.69, 9.17) is 4.74 Å². The number of hydrogen-bond donors (Lipinski definition) is 1. The van der Waals surface area contributed by atoms with E-state index in [2.05, 4.69) is 21.6 Å². The Labute approximate surface area is 189 Å². The van der Waals surface area contributed by atoms with Gasteiger partial charge in [0.15, 0.2) is 11.0 Å². The first kappa shape index (κ1) is 21.6. The van der Waals surface area contributed by atoms with Crippen molar-refractivity contribution in [2.24, 2.45) is 0 Å². The number of ether oxygens (including phenoxy) is 1. The van der Waals surface area contributed by atoms with Gasteiger partial charge < -0.3 is 14.6 Å². The number of thioether (sulfide) groups is 1. The number of anilines is 1. The molecule has 2 heterocycles. The van der Waals surface area contributed by atoms with Crippen LogP contribution >= 0.6 is 23.1 Å². The fourth-order valence-corrected chi connectivity index (χ4v) is 5.88. The molecule has 0 saturated heterocycles. The molecule has 7 nitrogen and oxygen atoms in total. The van der Waals surface area contributed by atoms with Crippen molar-refractivity contribution >= 4 is 40.0 Å². The van der Waals surface area contributed by atoms with Crippen LogP contribution in [-0.4, -0.2) is 39.5 Å². The predicted octanol–water partition coefficient (Wildman–Crippen LogP) is 4.34. The van der Waals surface area contributed by atoms with Gasteiger partial charge in [-0.25, -0.2) is 4.79 Å². The van der Waals surface area contributed by atoms with Gasteiger partial charge in [-0.15, -0.1) is 21.5 Å². The zero-order valence-corrected chi connectivity index (χ0v) is 19.4. The standard InChI is InChI=1S/C22H24N4O3S2/c1-4-26-19(14-8-5-7-13(2)11-14)24-25-22(26)30-12-17(27)23-20-18(21(28)29-3)15-9-6-10-16(15)31-20/h5,7-8,11H,4,6,9-10,12H2,1-3H3,(H,23,27). The summed E-state index contributed by atoms with van der Waals surface area (Å²) < 4.78 is 6.95. The van der Waals surface area contributed by atoms with Crippen molar-refractivity contribution < 1.29 is 14.3 Å². The van der Waals surface area contributed by atoms with Crippen molar-refractivity contribution in [2.75, 3.05) is 18.2 Å². The zero-order chi connectivity index (χ0) is 22.0. The number of fused-ring (bicyclic) bond motifs is 1. The van der Waals surface area contributed by atoms with Crippen LogP contribution in [0.15, 0.2) is 29.4 Å². The Balaban J connectivity index is 1.47. The van der Waals surface area contributed by atoms with Gasteiger partial charge in [0.2, 0.25) is 5.91 Å². The summed E-state index contributed by atoms with van der Waals surface area (Å²) in [4.78, 5) is 26.1. The maximum absolute atomic E-state index is 12.7. The molecule has 0 saturated carbocycles. The maximum Gasteiger partial charge on any atom is 0.341 e. The Morgan fingerprint density at radius 3 is 2.87 bits per heavy atom. The largest absolute Gasteiger partial charge is 0.465 e. The van der Waals surface area contributed by atoms with E-state index in [1.165, 1.54) is 30.2 Å².